The van der Waals surface area contributed by atoms with Crippen molar-refractivity contribution in [2.75, 3.05) is 13.1 Å². The van der Waals surface area contributed by atoms with E-state index in [1.165, 1.54) is 4.88 Å². The van der Waals surface area contributed by atoms with E-state index in [2.05, 4.69) is 10.3 Å². The van der Waals surface area contributed by atoms with Gasteiger partial charge < -0.3 is 10.4 Å². The Labute approximate surface area is 75.5 Å². The van der Waals surface area contributed by atoms with Crippen LogP contribution in [0.5, 0.6) is 0 Å². The summed E-state index contributed by atoms with van der Waals surface area (Å²) in [7, 11) is 0. The van der Waals surface area contributed by atoms with Crippen LogP contribution in [0.1, 0.15) is 11.3 Å². The molecular formula is C8H12N2OS. The fourth-order valence-corrected chi connectivity index (χ4v) is 2.27. The van der Waals surface area contributed by atoms with Crippen LogP contribution in [0.4, 0.5) is 0 Å². The Bertz CT molecular complexity index is 242. The van der Waals surface area contributed by atoms with Gasteiger partial charge in [0.1, 0.15) is 0 Å². The normalized spacial score (nSPS) is 29.4. The fraction of sp³-hybridized carbons (Fsp3) is 0.625. The molecule has 0 saturated carbocycles. The first-order chi connectivity index (χ1) is 5.79. The molecule has 1 fully saturated rings. The van der Waals surface area contributed by atoms with E-state index in [-0.39, 0.29) is 0 Å². The van der Waals surface area contributed by atoms with Gasteiger partial charge in [-0.1, -0.05) is 0 Å². The molecule has 1 saturated heterocycles. The first kappa shape index (κ1) is 8.16. The molecule has 0 bridgehead atoms. The van der Waals surface area contributed by atoms with Crippen molar-refractivity contribution in [3.05, 3.63) is 16.6 Å². The zero-order chi connectivity index (χ0) is 8.44. The van der Waals surface area contributed by atoms with Crippen LogP contribution >= 0.6 is 11.3 Å². The molecule has 0 radical (unpaired) electrons. The minimum absolute atomic E-state index is 0.521. The highest BCUT2D eigenvalue weighted by Crippen LogP contribution is 2.21. The Kier molecular flexibility index (Phi) is 2.12. The number of thiazole rings is 1. The molecule has 0 aromatic carbocycles. The van der Waals surface area contributed by atoms with Crippen molar-refractivity contribution in [3.8, 4) is 0 Å². The lowest BCUT2D eigenvalue weighted by atomic mass is 9.98. The molecule has 1 aromatic heterocycles. The van der Waals surface area contributed by atoms with Crippen LogP contribution in [0.2, 0.25) is 0 Å². The molecule has 4 heteroatoms. The van der Waals surface area contributed by atoms with Crippen LogP contribution in [0.15, 0.2) is 11.7 Å². The van der Waals surface area contributed by atoms with E-state index >= 15 is 0 Å². The maximum atomic E-state index is 9.98. The van der Waals surface area contributed by atoms with Crippen LogP contribution in [-0.4, -0.2) is 28.8 Å². The van der Waals surface area contributed by atoms with Crippen LogP contribution in [0.3, 0.4) is 0 Å². The summed E-state index contributed by atoms with van der Waals surface area (Å²) in [4.78, 5) is 5.15. The zero-order valence-electron chi connectivity index (χ0n) is 6.79. The van der Waals surface area contributed by atoms with Crippen molar-refractivity contribution in [3.63, 3.8) is 0 Å². The molecule has 1 aliphatic rings. The first-order valence-electron chi connectivity index (χ1n) is 4.09. The van der Waals surface area contributed by atoms with Crippen LogP contribution in [0, 0.1) is 0 Å². The number of hydrogen-bond donors (Lipinski definition) is 2. The standard InChI is InChI=1S/C8H12N2OS/c11-8(1-2-9-5-8)3-7-4-10-6-12-7/h4,6,9,11H,1-3,5H2. The second-order valence-electron chi connectivity index (χ2n) is 3.30. The first-order valence-corrected chi connectivity index (χ1v) is 4.97. The third-order valence-electron chi connectivity index (χ3n) is 2.21. The Hall–Kier alpha value is -0.450. The summed E-state index contributed by atoms with van der Waals surface area (Å²) < 4.78 is 0. The maximum Gasteiger partial charge on any atom is 0.0832 e. The summed E-state index contributed by atoms with van der Waals surface area (Å²) in [6.07, 6.45) is 3.43. The quantitative estimate of drug-likeness (QED) is 0.699. The largest absolute Gasteiger partial charge is 0.388 e. The van der Waals surface area contributed by atoms with Crippen molar-refractivity contribution < 1.29 is 5.11 Å². The highest BCUT2D eigenvalue weighted by molar-refractivity contribution is 7.09. The lowest BCUT2D eigenvalue weighted by Gasteiger charge is -2.19. The highest BCUT2D eigenvalue weighted by Gasteiger charge is 2.31. The number of aliphatic hydroxyl groups is 1. The van der Waals surface area contributed by atoms with Crippen molar-refractivity contribution >= 4 is 11.3 Å². The van der Waals surface area contributed by atoms with Gasteiger partial charge in [-0.15, -0.1) is 11.3 Å². The molecule has 2 N–H and O–H groups in total. The number of aromatic nitrogens is 1. The Morgan fingerprint density at radius 1 is 1.75 bits per heavy atom. The molecule has 0 spiro atoms. The van der Waals surface area contributed by atoms with Crippen LogP contribution in [0.25, 0.3) is 0 Å². The van der Waals surface area contributed by atoms with E-state index in [4.69, 9.17) is 0 Å². The van der Waals surface area contributed by atoms with Crippen LogP contribution in [-0.2, 0) is 6.42 Å². The zero-order valence-corrected chi connectivity index (χ0v) is 7.60. The molecule has 12 heavy (non-hydrogen) atoms. The molecule has 1 aromatic rings. The molecule has 2 rings (SSSR count). The topological polar surface area (TPSA) is 45.2 Å². The highest BCUT2D eigenvalue weighted by atomic mass is 32.1. The minimum Gasteiger partial charge on any atom is -0.388 e. The summed E-state index contributed by atoms with van der Waals surface area (Å²) in [6.45, 7) is 1.64. The number of β-amino-alcohol motifs (C(OH)–C–C–N with tert-alkyl or cyclic N) is 1. The predicted molar refractivity (Wildman–Crippen MR) is 48.3 cm³/mol. The summed E-state index contributed by atoms with van der Waals surface area (Å²) in [5, 5.41) is 13.1. The molecule has 0 amide bonds. The fourth-order valence-electron chi connectivity index (χ4n) is 1.54. The van der Waals surface area contributed by atoms with Gasteiger partial charge in [-0.2, -0.15) is 0 Å². The SMILES string of the molecule is OC1(Cc2cncs2)CCNC1. The molecule has 2 heterocycles. The number of rotatable bonds is 2. The lowest BCUT2D eigenvalue weighted by Crippen LogP contribution is -2.33. The van der Waals surface area contributed by atoms with Gasteiger partial charge in [0.25, 0.3) is 0 Å². The van der Waals surface area contributed by atoms with E-state index in [1.807, 2.05) is 6.20 Å². The summed E-state index contributed by atoms with van der Waals surface area (Å²) in [5.41, 5.74) is 1.29. The van der Waals surface area contributed by atoms with Gasteiger partial charge in [0.2, 0.25) is 0 Å². The van der Waals surface area contributed by atoms with Gasteiger partial charge >= 0.3 is 0 Å². The molecular weight excluding hydrogens is 172 g/mol. The van der Waals surface area contributed by atoms with Crippen molar-refractivity contribution in [1.29, 1.82) is 0 Å². The maximum absolute atomic E-state index is 9.98. The summed E-state index contributed by atoms with van der Waals surface area (Å²) in [5.74, 6) is 0. The van der Waals surface area contributed by atoms with E-state index in [9.17, 15) is 5.11 Å². The minimum atomic E-state index is -0.521. The van der Waals surface area contributed by atoms with Crippen molar-refractivity contribution in [2.24, 2.45) is 0 Å². The number of hydrogen-bond acceptors (Lipinski definition) is 4. The van der Waals surface area contributed by atoms with Gasteiger partial charge in [-0.05, 0) is 13.0 Å². The molecule has 1 atom stereocenters. The van der Waals surface area contributed by atoms with Gasteiger partial charge in [0.05, 0.1) is 11.1 Å². The van der Waals surface area contributed by atoms with Crippen molar-refractivity contribution in [2.45, 2.75) is 18.4 Å². The van der Waals surface area contributed by atoms with Crippen molar-refractivity contribution in [1.82, 2.24) is 10.3 Å². The van der Waals surface area contributed by atoms with E-state index in [0.717, 1.165) is 19.4 Å². The molecule has 1 unspecified atom stereocenters. The van der Waals surface area contributed by atoms with Gasteiger partial charge in [-0.25, -0.2) is 0 Å². The third kappa shape index (κ3) is 1.65. The summed E-state index contributed by atoms with van der Waals surface area (Å²) in [6, 6.07) is 0. The number of nitrogens with zero attached hydrogens (tertiary/aromatic N) is 1. The number of nitrogens with one attached hydrogen (secondary N) is 1. The van der Waals surface area contributed by atoms with Crippen LogP contribution < -0.4 is 5.32 Å². The average molecular weight is 184 g/mol. The van der Waals surface area contributed by atoms with Gasteiger partial charge in [-0.3, -0.25) is 4.98 Å². The Morgan fingerprint density at radius 3 is 3.25 bits per heavy atom. The average Bonchev–Trinajstić information content (AvgIpc) is 2.62. The predicted octanol–water partition coefficient (Wildman–Crippen LogP) is 0.410. The molecule has 3 nitrogen and oxygen atoms in total. The van der Waals surface area contributed by atoms with E-state index in [0.29, 0.717) is 6.54 Å². The second-order valence-corrected chi connectivity index (χ2v) is 4.27. The molecule has 1 aliphatic heterocycles. The van der Waals surface area contributed by atoms with E-state index in [1.54, 1.807) is 16.8 Å². The molecule has 66 valence electrons. The summed E-state index contributed by atoms with van der Waals surface area (Å²) >= 11 is 1.61. The monoisotopic (exact) mass is 184 g/mol. The third-order valence-corrected chi connectivity index (χ3v) is 2.99. The Balaban J connectivity index is 2.02. The second kappa shape index (κ2) is 3.12. The van der Waals surface area contributed by atoms with Gasteiger partial charge in [0, 0.05) is 24.0 Å². The smallest absolute Gasteiger partial charge is 0.0832 e. The Morgan fingerprint density at radius 2 is 2.67 bits per heavy atom. The van der Waals surface area contributed by atoms with Gasteiger partial charge in [0.15, 0.2) is 0 Å². The van der Waals surface area contributed by atoms with E-state index < -0.39 is 5.60 Å². The molecule has 0 aliphatic carbocycles. The lowest BCUT2D eigenvalue weighted by molar-refractivity contribution is 0.0627.